The van der Waals surface area contributed by atoms with Gasteiger partial charge in [0.1, 0.15) is 10.9 Å². The molecule has 2 aromatic carbocycles. The summed E-state index contributed by atoms with van der Waals surface area (Å²) in [7, 11) is 0. The van der Waals surface area contributed by atoms with Crippen molar-refractivity contribution in [3.05, 3.63) is 80.7 Å². The number of aromatic nitrogens is 2. The van der Waals surface area contributed by atoms with E-state index in [1.807, 2.05) is 50.2 Å². The Kier molecular flexibility index (Phi) is 5.45. The van der Waals surface area contributed by atoms with Crippen LogP contribution < -0.4 is 10.9 Å². The van der Waals surface area contributed by atoms with E-state index in [4.69, 9.17) is 11.6 Å². The van der Waals surface area contributed by atoms with Crippen molar-refractivity contribution < 1.29 is 4.79 Å². The summed E-state index contributed by atoms with van der Waals surface area (Å²) in [6.07, 6.45) is 1.45. The first kappa shape index (κ1) is 20.3. The van der Waals surface area contributed by atoms with Crippen LogP contribution in [0.3, 0.4) is 0 Å². The van der Waals surface area contributed by atoms with Crippen LogP contribution >= 0.6 is 22.9 Å². The van der Waals surface area contributed by atoms with Crippen LogP contribution in [0, 0.1) is 13.8 Å². The molecule has 1 atom stereocenters. The Morgan fingerprint density at radius 3 is 2.60 bits per heavy atom. The second-order valence-electron chi connectivity index (χ2n) is 7.17. The lowest BCUT2D eigenvalue weighted by molar-refractivity contribution is -0.118. The first-order valence-corrected chi connectivity index (χ1v) is 10.7. The molecule has 30 heavy (non-hydrogen) atoms. The Hall–Kier alpha value is -2.96. The van der Waals surface area contributed by atoms with Gasteiger partial charge in [0, 0.05) is 21.2 Å². The zero-order valence-corrected chi connectivity index (χ0v) is 18.3. The second-order valence-corrected chi connectivity index (χ2v) is 8.78. The molecule has 2 heterocycles. The standard InChI is InChI=1S/C23H20ClN3O2S/c1-13-9-10-17(11-18(13)24)26-21(28)14(2)27-12-25-22-20(23(27)29)19(15(3)30-22)16-7-5-4-6-8-16/h4-12,14H,1-3H3,(H,26,28). The number of fused-ring (bicyclic) bond motifs is 1. The van der Waals surface area contributed by atoms with Gasteiger partial charge in [-0.1, -0.05) is 48.0 Å². The van der Waals surface area contributed by atoms with Crippen LogP contribution in [-0.2, 0) is 4.79 Å². The molecular formula is C23H20ClN3O2S. The first-order chi connectivity index (χ1) is 14.4. The summed E-state index contributed by atoms with van der Waals surface area (Å²) < 4.78 is 1.38. The summed E-state index contributed by atoms with van der Waals surface area (Å²) >= 11 is 7.63. The summed E-state index contributed by atoms with van der Waals surface area (Å²) in [6.45, 7) is 5.56. The Balaban J connectivity index is 1.73. The number of amides is 1. The van der Waals surface area contributed by atoms with Gasteiger partial charge in [-0.3, -0.25) is 14.2 Å². The van der Waals surface area contributed by atoms with Gasteiger partial charge in [0.15, 0.2) is 0 Å². The van der Waals surface area contributed by atoms with Crippen molar-refractivity contribution in [2.75, 3.05) is 5.32 Å². The molecule has 0 saturated carbocycles. The Bertz CT molecular complexity index is 1310. The molecule has 0 aliphatic carbocycles. The lowest BCUT2D eigenvalue weighted by atomic mass is 10.0. The minimum atomic E-state index is -0.738. The molecule has 152 valence electrons. The van der Waals surface area contributed by atoms with Crippen molar-refractivity contribution in [2.45, 2.75) is 26.8 Å². The predicted octanol–water partition coefficient (Wildman–Crippen LogP) is 5.59. The Morgan fingerprint density at radius 2 is 1.90 bits per heavy atom. The van der Waals surface area contributed by atoms with E-state index < -0.39 is 6.04 Å². The first-order valence-electron chi connectivity index (χ1n) is 9.49. The number of carbonyl (C=O) groups excluding carboxylic acids is 1. The summed E-state index contributed by atoms with van der Waals surface area (Å²) in [5.41, 5.74) is 3.12. The smallest absolute Gasteiger partial charge is 0.263 e. The van der Waals surface area contributed by atoms with Crippen LogP contribution in [0.1, 0.15) is 23.4 Å². The number of anilines is 1. The maximum atomic E-state index is 13.4. The second kappa shape index (κ2) is 8.05. The van der Waals surface area contributed by atoms with E-state index in [1.54, 1.807) is 19.1 Å². The topological polar surface area (TPSA) is 64.0 Å². The monoisotopic (exact) mass is 437 g/mol. The molecule has 1 amide bonds. The number of thiophene rings is 1. The van der Waals surface area contributed by atoms with Crippen molar-refractivity contribution in [1.29, 1.82) is 0 Å². The SMILES string of the molecule is Cc1ccc(NC(=O)C(C)n2cnc3sc(C)c(-c4ccccc4)c3c2=O)cc1Cl. The van der Waals surface area contributed by atoms with E-state index in [0.29, 0.717) is 20.9 Å². The lowest BCUT2D eigenvalue weighted by Crippen LogP contribution is -2.31. The summed E-state index contributed by atoms with van der Waals surface area (Å²) in [5, 5.41) is 3.94. The molecule has 0 spiro atoms. The van der Waals surface area contributed by atoms with Crippen LogP contribution in [0.4, 0.5) is 5.69 Å². The van der Waals surface area contributed by atoms with Gasteiger partial charge >= 0.3 is 0 Å². The summed E-state index contributed by atoms with van der Waals surface area (Å²) in [4.78, 5) is 32.3. The molecule has 7 heteroatoms. The Labute approximate surface area is 183 Å². The highest BCUT2D eigenvalue weighted by Crippen LogP contribution is 2.35. The lowest BCUT2D eigenvalue weighted by Gasteiger charge is -2.15. The quantitative estimate of drug-likeness (QED) is 0.452. The number of rotatable bonds is 4. The van der Waals surface area contributed by atoms with Gasteiger partial charge in [0.05, 0.1) is 11.7 Å². The van der Waals surface area contributed by atoms with E-state index in [9.17, 15) is 9.59 Å². The number of carbonyl (C=O) groups is 1. The highest BCUT2D eigenvalue weighted by molar-refractivity contribution is 7.19. The largest absolute Gasteiger partial charge is 0.324 e. The molecule has 0 aliphatic rings. The van der Waals surface area contributed by atoms with Gasteiger partial charge in [0.2, 0.25) is 5.91 Å². The van der Waals surface area contributed by atoms with Crippen molar-refractivity contribution in [3.8, 4) is 11.1 Å². The summed E-state index contributed by atoms with van der Waals surface area (Å²) in [6, 6.07) is 14.3. The molecule has 1 unspecified atom stereocenters. The van der Waals surface area contributed by atoms with E-state index >= 15 is 0 Å². The molecule has 1 N–H and O–H groups in total. The van der Waals surface area contributed by atoms with Gasteiger partial charge in [0.25, 0.3) is 5.56 Å². The van der Waals surface area contributed by atoms with Crippen molar-refractivity contribution in [3.63, 3.8) is 0 Å². The molecular weight excluding hydrogens is 418 g/mol. The average Bonchev–Trinajstić information content (AvgIpc) is 3.08. The van der Waals surface area contributed by atoms with Gasteiger partial charge in [-0.15, -0.1) is 11.3 Å². The maximum Gasteiger partial charge on any atom is 0.263 e. The fraction of sp³-hybridized carbons (Fsp3) is 0.174. The van der Waals surface area contributed by atoms with Crippen LogP contribution in [0.15, 0.2) is 59.7 Å². The molecule has 0 radical (unpaired) electrons. The fourth-order valence-corrected chi connectivity index (χ4v) is 4.57. The number of halogens is 1. The molecule has 2 aromatic heterocycles. The normalized spacial score (nSPS) is 12.1. The summed E-state index contributed by atoms with van der Waals surface area (Å²) in [5.74, 6) is -0.314. The average molecular weight is 438 g/mol. The van der Waals surface area contributed by atoms with Gasteiger partial charge in [-0.2, -0.15) is 0 Å². The van der Waals surface area contributed by atoms with E-state index in [2.05, 4.69) is 10.3 Å². The zero-order valence-electron chi connectivity index (χ0n) is 16.8. The number of benzene rings is 2. The van der Waals surface area contributed by atoms with Gasteiger partial charge < -0.3 is 5.32 Å². The predicted molar refractivity (Wildman–Crippen MR) is 124 cm³/mol. The number of aryl methyl sites for hydroxylation is 2. The third kappa shape index (κ3) is 3.64. The number of hydrogen-bond acceptors (Lipinski definition) is 4. The maximum absolute atomic E-state index is 13.4. The highest BCUT2D eigenvalue weighted by Gasteiger charge is 2.22. The molecule has 5 nitrogen and oxygen atoms in total. The third-order valence-electron chi connectivity index (χ3n) is 5.11. The van der Waals surface area contributed by atoms with Crippen molar-refractivity contribution in [1.82, 2.24) is 9.55 Å². The molecule has 0 fully saturated rings. The number of nitrogens with zero attached hydrogens (tertiary/aromatic N) is 2. The van der Waals surface area contributed by atoms with E-state index in [0.717, 1.165) is 21.6 Å². The molecule has 0 bridgehead atoms. The minimum absolute atomic E-state index is 0.229. The minimum Gasteiger partial charge on any atom is -0.324 e. The Morgan fingerprint density at radius 1 is 1.17 bits per heavy atom. The van der Waals surface area contributed by atoms with Gasteiger partial charge in [-0.25, -0.2) is 4.98 Å². The third-order valence-corrected chi connectivity index (χ3v) is 6.53. The molecule has 4 aromatic rings. The number of nitrogens with one attached hydrogen (secondary N) is 1. The van der Waals surface area contributed by atoms with Crippen LogP contribution in [-0.4, -0.2) is 15.5 Å². The van der Waals surface area contributed by atoms with Crippen molar-refractivity contribution >= 4 is 44.7 Å². The number of hydrogen-bond donors (Lipinski definition) is 1. The van der Waals surface area contributed by atoms with Crippen LogP contribution in [0.2, 0.25) is 5.02 Å². The van der Waals surface area contributed by atoms with Crippen molar-refractivity contribution in [2.24, 2.45) is 0 Å². The van der Waals surface area contributed by atoms with Crippen LogP contribution in [0.25, 0.3) is 21.3 Å². The highest BCUT2D eigenvalue weighted by atomic mass is 35.5. The molecule has 0 saturated heterocycles. The molecule has 0 aliphatic heterocycles. The fourth-order valence-electron chi connectivity index (χ4n) is 3.39. The van der Waals surface area contributed by atoms with E-state index in [1.165, 1.54) is 22.2 Å². The molecule has 4 rings (SSSR count). The van der Waals surface area contributed by atoms with E-state index in [-0.39, 0.29) is 11.5 Å². The zero-order chi connectivity index (χ0) is 21.4. The van der Waals surface area contributed by atoms with Crippen LogP contribution in [0.5, 0.6) is 0 Å². The van der Waals surface area contributed by atoms with Gasteiger partial charge in [-0.05, 0) is 44.0 Å².